The predicted molar refractivity (Wildman–Crippen MR) is 105 cm³/mol. The van der Waals surface area contributed by atoms with Crippen molar-refractivity contribution in [2.45, 2.75) is 25.6 Å². The Morgan fingerprint density at radius 1 is 1.40 bits per heavy atom. The van der Waals surface area contributed by atoms with E-state index >= 15 is 0 Å². The molecule has 0 aliphatic rings. The zero-order valence-corrected chi connectivity index (χ0v) is 17.6. The van der Waals surface area contributed by atoms with Gasteiger partial charge in [-0.3, -0.25) is 9.48 Å². The van der Waals surface area contributed by atoms with Crippen LogP contribution in [0.25, 0.3) is 11.4 Å². The topological polar surface area (TPSA) is 85.8 Å². The Bertz CT molecular complexity index is 1090. The molecule has 2 heterocycles. The minimum Gasteiger partial charge on any atom is -0.336 e. The van der Waals surface area contributed by atoms with Crippen molar-refractivity contribution in [3.63, 3.8) is 0 Å². The van der Waals surface area contributed by atoms with Crippen LogP contribution in [0, 0.1) is 0 Å². The fraction of sp³-hybridized carbons (Fsp3) is 0.263. The van der Waals surface area contributed by atoms with E-state index < -0.39 is 23.8 Å². The molecule has 7 nitrogen and oxygen atoms in total. The molecule has 3 aromatic rings. The summed E-state index contributed by atoms with van der Waals surface area (Å²) in [6.07, 6.45) is -2.46. The summed E-state index contributed by atoms with van der Waals surface area (Å²) in [6.45, 7) is 5.65. The third-order valence-corrected chi connectivity index (χ3v) is 5.06. The van der Waals surface area contributed by atoms with Crippen molar-refractivity contribution in [3.05, 3.63) is 64.2 Å². The minimum absolute atomic E-state index is 0.0438. The van der Waals surface area contributed by atoms with Crippen LogP contribution < -0.4 is 5.32 Å². The second-order valence-electron chi connectivity index (χ2n) is 6.34. The zero-order chi connectivity index (χ0) is 22.1. The van der Waals surface area contributed by atoms with Crippen LogP contribution in [0.15, 0.2) is 45.9 Å². The molecule has 0 aliphatic carbocycles. The van der Waals surface area contributed by atoms with E-state index in [-0.39, 0.29) is 11.6 Å². The van der Waals surface area contributed by atoms with Gasteiger partial charge in [0, 0.05) is 23.2 Å². The number of aromatic nitrogens is 4. The lowest BCUT2D eigenvalue weighted by Gasteiger charge is -2.10. The lowest BCUT2D eigenvalue weighted by atomic mass is 10.1. The summed E-state index contributed by atoms with van der Waals surface area (Å²) >= 11 is 3.49. The van der Waals surface area contributed by atoms with Gasteiger partial charge in [-0.15, -0.1) is 6.58 Å². The highest BCUT2D eigenvalue weighted by Gasteiger charge is 2.35. The summed E-state index contributed by atoms with van der Waals surface area (Å²) in [5.74, 6) is -0.447. The number of nitrogens with zero attached hydrogens (tertiary/aromatic N) is 4. The molecule has 0 radical (unpaired) electrons. The van der Waals surface area contributed by atoms with E-state index in [4.69, 9.17) is 4.52 Å². The highest BCUT2D eigenvalue weighted by Crippen LogP contribution is 2.29. The van der Waals surface area contributed by atoms with E-state index in [0.29, 0.717) is 17.5 Å². The molecule has 11 heteroatoms. The predicted octanol–water partition coefficient (Wildman–Crippen LogP) is 4.47. The summed E-state index contributed by atoms with van der Waals surface area (Å²) in [7, 11) is 1.25. The SMILES string of the molecule is C=C[C@H](NC(=O)c1cc(C(F)(F)F)nn1C)c1nc(-c2ccc(CC)c(Br)c2)no1. The Morgan fingerprint density at radius 3 is 2.70 bits per heavy atom. The van der Waals surface area contributed by atoms with E-state index in [1.807, 2.05) is 25.1 Å². The normalized spacial score (nSPS) is 12.6. The third kappa shape index (κ3) is 4.45. The molecule has 0 saturated carbocycles. The molecule has 158 valence electrons. The summed E-state index contributed by atoms with van der Waals surface area (Å²) in [4.78, 5) is 16.7. The Hall–Kier alpha value is -2.95. The van der Waals surface area contributed by atoms with Gasteiger partial charge < -0.3 is 9.84 Å². The maximum Gasteiger partial charge on any atom is 0.435 e. The summed E-state index contributed by atoms with van der Waals surface area (Å²) in [5.41, 5.74) is 0.386. The number of aryl methyl sites for hydroxylation is 2. The molecule has 30 heavy (non-hydrogen) atoms. The molecule has 1 aromatic carbocycles. The van der Waals surface area contributed by atoms with Crippen LogP contribution in [0.3, 0.4) is 0 Å². The molecular weight excluding hydrogens is 467 g/mol. The van der Waals surface area contributed by atoms with Gasteiger partial charge in [-0.25, -0.2) is 0 Å². The van der Waals surface area contributed by atoms with Gasteiger partial charge in [-0.05, 0) is 18.1 Å². The van der Waals surface area contributed by atoms with Gasteiger partial charge in [0.25, 0.3) is 11.8 Å². The first kappa shape index (κ1) is 21.8. The highest BCUT2D eigenvalue weighted by atomic mass is 79.9. The van der Waals surface area contributed by atoms with E-state index in [2.05, 4.69) is 43.1 Å². The lowest BCUT2D eigenvalue weighted by molar-refractivity contribution is -0.141. The number of carbonyl (C=O) groups is 1. The number of halogens is 4. The lowest BCUT2D eigenvalue weighted by Crippen LogP contribution is -2.29. The maximum absolute atomic E-state index is 12.8. The van der Waals surface area contributed by atoms with Crippen molar-refractivity contribution < 1.29 is 22.5 Å². The van der Waals surface area contributed by atoms with Gasteiger partial charge >= 0.3 is 6.18 Å². The first-order valence-corrected chi connectivity index (χ1v) is 9.60. The van der Waals surface area contributed by atoms with E-state index in [9.17, 15) is 18.0 Å². The molecule has 0 aliphatic heterocycles. The number of alkyl halides is 3. The maximum atomic E-state index is 12.8. The van der Waals surface area contributed by atoms with E-state index in [0.717, 1.165) is 21.1 Å². The number of benzene rings is 1. The van der Waals surface area contributed by atoms with Crippen molar-refractivity contribution >= 4 is 21.8 Å². The molecule has 1 N–H and O–H groups in total. The van der Waals surface area contributed by atoms with Crippen LogP contribution in [0.2, 0.25) is 0 Å². The van der Waals surface area contributed by atoms with Crippen LogP contribution in [0.4, 0.5) is 13.2 Å². The van der Waals surface area contributed by atoms with Crippen LogP contribution >= 0.6 is 15.9 Å². The van der Waals surface area contributed by atoms with Crippen LogP contribution in [0.1, 0.15) is 40.6 Å². The molecule has 0 spiro atoms. The Kier molecular flexibility index (Phi) is 6.11. The quantitative estimate of drug-likeness (QED) is 0.522. The van der Waals surface area contributed by atoms with Crippen LogP contribution in [-0.4, -0.2) is 25.8 Å². The Morgan fingerprint density at radius 2 is 2.13 bits per heavy atom. The third-order valence-electron chi connectivity index (χ3n) is 4.33. The molecular formula is C19H17BrF3N5O2. The van der Waals surface area contributed by atoms with Crippen LogP contribution in [0.5, 0.6) is 0 Å². The standard InChI is InChI=1S/C19H17BrF3N5O2/c1-4-10-6-7-11(8-12(10)20)16-25-18(30-27-16)13(5-2)24-17(29)14-9-15(19(21,22)23)26-28(14)3/h5-9,13H,2,4H2,1,3H3,(H,24,29)/t13-/m0/s1. The second kappa shape index (κ2) is 8.42. The first-order valence-electron chi connectivity index (χ1n) is 8.81. The van der Waals surface area contributed by atoms with E-state index in [1.165, 1.54) is 13.1 Å². The molecule has 1 atom stereocenters. The van der Waals surface area contributed by atoms with E-state index in [1.54, 1.807) is 0 Å². The van der Waals surface area contributed by atoms with Gasteiger partial charge in [-0.2, -0.15) is 23.3 Å². The van der Waals surface area contributed by atoms with Gasteiger partial charge in [0.2, 0.25) is 5.82 Å². The molecule has 0 unspecified atom stereocenters. The van der Waals surface area contributed by atoms with Crippen LogP contribution in [-0.2, 0) is 19.6 Å². The van der Waals surface area contributed by atoms with Crippen molar-refractivity contribution in [2.75, 3.05) is 0 Å². The number of nitrogens with one attached hydrogen (secondary N) is 1. The van der Waals surface area contributed by atoms with Gasteiger partial charge in [0.05, 0.1) is 0 Å². The largest absolute Gasteiger partial charge is 0.435 e. The van der Waals surface area contributed by atoms with Crippen molar-refractivity contribution in [2.24, 2.45) is 7.05 Å². The van der Waals surface area contributed by atoms with Gasteiger partial charge in [0.1, 0.15) is 11.7 Å². The fourth-order valence-electron chi connectivity index (χ4n) is 2.71. The number of amides is 1. The van der Waals surface area contributed by atoms with Gasteiger partial charge in [-0.1, -0.05) is 46.2 Å². The average Bonchev–Trinajstić information content (AvgIpc) is 3.32. The summed E-state index contributed by atoms with van der Waals surface area (Å²) in [5, 5.41) is 9.75. The Labute approximate surface area is 178 Å². The summed E-state index contributed by atoms with van der Waals surface area (Å²) in [6, 6.07) is 5.39. The van der Waals surface area contributed by atoms with Gasteiger partial charge in [0.15, 0.2) is 5.69 Å². The zero-order valence-electron chi connectivity index (χ0n) is 16.0. The van der Waals surface area contributed by atoms with Crippen molar-refractivity contribution in [1.29, 1.82) is 0 Å². The smallest absolute Gasteiger partial charge is 0.336 e. The Balaban J connectivity index is 1.81. The monoisotopic (exact) mass is 483 g/mol. The molecule has 0 saturated heterocycles. The fourth-order valence-corrected chi connectivity index (χ4v) is 3.37. The molecule has 3 rings (SSSR count). The number of hydrogen-bond acceptors (Lipinski definition) is 5. The summed E-state index contributed by atoms with van der Waals surface area (Å²) < 4.78 is 45.4. The highest BCUT2D eigenvalue weighted by molar-refractivity contribution is 9.10. The number of carbonyl (C=O) groups excluding carboxylic acids is 1. The molecule has 0 fully saturated rings. The van der Waals surface area contributed by atoms with Crippen molar-refractivity contribution in [3.8, 4) is 11.4 Å². The first-order chi connectivity index (χ1) is 14.1. The minimum atomic E-state index is -4.66. The molecule has 2 aromatic heterocycles. The molecule has 1 amide bonds. The second-order valence-corrected chi connectivity index (χ2v) is 7.19. The number of hydrogen-bond donors (Lipinski definition) is 1. The number of rotatable bonds is 6. The molecule has 0 bridgehead atoms. The average molecular weight is 484 g/mol. The van der Waals surface area contributed by atoms with Crippen molar-refractivity contribution in [1.82, 2.24) is 25.2 Å².